The topological polar surface area (TPSA) is 29.1 Å². The normalized spacial score (nSPS) is 11.1. The summed E-state index contributed by atoms with van der Waals surface area (Å²) in [5.41, 5.74) is 3.22. The zero-order valence-corrected chi connectivity index (χ0v) is 16.3. The summed E-state index contributed by atoms with van der Waals surface area (Å²) in [5, 5.41) is 4.61. The van der Waals surface area contributed by atoms with Gasteiger partial charge in [0.15, 0.2) is 0 Å². The van der Waals surface area contributed by atoms with Crippen LogP contribution in [0.3, 0.4) is 0 Å². The number of carbonyl (C=O) groups excluding carboxylic acids is 1. The van der Waals surface area contributed by atoms with Gasteiger partial charge in [0.05, 0.1) is 11.1 Å². The molecule has 4 aromatic rings. The lowest BCUT2D eigenvalue weighted by atomic mass is 9.98. The van der Waals surface area contributed by atoms with E-state index in [0.717, 1.165) is 26.8 Å². The van der Waals surface area contributed by atoms with Crippen LogP contribution >= 0.6 is 22.9 Å². The molecule has 2 nitrogen and oxygen atoms in total. The lowest BCUT2D eigenvalue weighted by molar-refractivity contribution is 0.0947. The summed E-state index contributed by atoms with van der Waals surface area (Å²) in [5.74, 6) is -0.156. The summed E-state index contributed by atoms with van der Waals surface area (Å²) in [4.78, 5) is 13.6. The first-order valence-electron chi connectivity index (χ1n) is 8.73. The van der Waals surface area contributed by atoms with E-state index in [9.17, 15) is 4.79 Å². The SMILES string of the molecule is Cc1ccc2c(Cl)c(C(=O)NC(c3ccccc3)c3ccccc3)sc2c1. The van der Waals surface area contributed by atoms with E-state index in [2.05, 4.69) is 11.4 Å². The van der Waals surface area contributed by atoms with Gasteiger partial charge >= 0.3 is 0 Å². The van der Waals surface area contributed by atoms with Gasteiger partial charge in [-0.05, 0) is 29.7 Å². The van der Waals surface area contributed by atoms with Crippen molar-refractivity contribution in [1.82, 2.24) is 5.32 Å². The van der Waals surface area contributed by atoms with Crippen molar-refractivity contribution in [2.24, 2.45) is 0 Å². The number of carbonyl (C=O) groups is 1. The van der Waals surface area contributed by atoms with Gasteiger partial charge in [-0.2, -0.15) is 0 Å². The third-order valence-corrected chi connectivity index (χ3v) is 6.19. The van der Waals surface area contributed by atoms with E-state index in [-0.39, 0.29) is 11.9 Å². The van der Waals surface area contributed by atoms with Crippen LogP contribution in [0.25, 0.3) is 10.1 Å². The summed E-state index contributed by atoms with van der Waals surface area (Å²) < 4.78 is 1.03. The van der Waals surface area contributed by atoms with E-state index in [1.807, 2.05) is 79.7 Å². The van der Waals surface area contributed by atoms with Crippen molar-refractivity contribution in [2.75, 3.05) is 0 Å². The molecule has 3 aromatic carbocycles. The molecular formula is C23H18ClNOS. The molecule has 0 bridgehead atoms. The molecule has 0 fully saturated rings. The first-order chi connectivity index (χ1) is 13.1. The summed E-state index contributed by atoms with van der Waals surface area (Å²) in [6.45, 7) is 2.04. The average Bonchev–Trinajstić information content (AvgIpc) is 3.03. The van der Waals surface area contributed by atoms with Crippen molar-refractivity contribution in [3.8, 4) is 0 Å². The highest BCUT2D eigenvalue weighted by Gasteiger charge is 2.22. The lowest BCUT2D eigenvalue weighted by Crippen LogP contribution is -2.28. The van der Waals surface area contributed by atoms with Crippen LogP contribution < -0.4 is 5.32 Å². The van der Waals surface area contributed by atoms with Crippen LogP contribution in [0.1, 0.15) is 32.4 Å². The number of hydrogen-bond donors (Lipinski definition) is 1. The Hall–Kier alpha value is -2.62. The number of fused-ring (bicyclic) bond motifs is 1. The fourth-order valence-corrected chi connectivity index (χ4v) is 4.68. The minimum atomic E-state index is -0.233. The van der Waals surface area contributed by atoms with E-state index in [1.165, 1.54) is 11.3 Å². The molecule has 0 radical (unpaired) electrons. The Morgan fingerprint density at radius 2 is 1.52 bits per heavy atom. The number of benzene rings is 3. The highest BCUT2D eigenvalue weighted by atomic mass is 35.5. The zero-order valence-electron chi connectivity index (χ0n) is 14.8. The number of nitrogens with one attached hydrogen (secondary N) is 1. The van der Waals surface area contributed by atoms with Crippen molar-refractivity contribution in [3.63, 3.8) is 0 Å². The molecular weight excluding hydrogens is 374 g/mol. The van der Waals surface area contributed by atoms with Gasteiger partial charge in [-0.25, -0.2) is 0 Å². The van der Waals surface area contributed by atoms with E-state index in [1.54, 1.807) is 0 Å². The first kappa shape index (κ1) is 17.8. The summed E-state index contributed by atoms with van der Waals surface area (Å²) in [6, 6.07) is 25.8. The maximum absolute atomic E-state index is 13.1. The molecule has 0 saturated heterocycles. The molecule has 1 aromatic heterocycles. The standard InChI is InChI=1S/C23H18ClNOS/c1-15-12-13-18-19(14-15)27-22(20(18)24)23(26)25-21(16-8-4-2-5-9-16)17-10-6-3-7-11-17/h2-14,21H,1H3,(H,25,26). The molecule has 0 aliphatic rings. The number of rotatable bonds is 4. The van der Waals surface area contributed by atoms with Crippen LogP contribution in [-0.4, -0.2) is 5.91 Å². The fraction of sp³-hybridized carbons (Fsp3) is 0.0870. The van der Waals surface area contributed by atoms with Crippen LogP contribution in [0, 0.1) is 6.92 Å². The van der Waals surface area contributed by atoms with Crippen LogP contribution in [0.2, 0.25) is 5.02 Å². The van der Waals surface area contributed by atoms with Crippen molar-refractivity contribution in [2.45, 2.75) is 13.0 Å². The van der Waals surface area contributed by atoms with E-state index in [4.69, 9.17) is 11.6 Å². The molecule has 1 N–H and O–H groups in total. The maximum atomic E-state index is 13.1. The van der Waals surface area contributed by atoms with Gasteiger partial charge in [0, 0.05) is 10.1 Å². The van der Waals surface area contributed by atoms with Gasteiger partial charge < -0.3 is 5.32 Å². The van der Waals surface area contributed by atoms with Gasteiger partial charge in [-0.3, -0.25) is 4.79 Å². The Morgan fingerprint density at radius 1 is 0.926 bits per heavy atom. The van der Waals surface area contributed by atoms with Crippen LogP contribution in [0.5, 0.6) is 0 Å². The van der Waals surface area contributed by atoms with Gasteiger partial charge in [-0.15, -0.1) is 11.3 Å². The molecule has 134 valence electrons. The van der Waals surface area contributed by atoms with Crippen molar-refractivity contribution in [3.05, 3.63) is 105 Å². The van der Waals surface area contributed by atoms with Gasteiger partial charge in [-0.1, -0.05) is 84.4 Å². The largest absolute Gasteiger partial charge is 0.340 e. The quantitative estimate of drug-likeness (QED) is 0.429. The smallest absolute Gasteiger partial charge is 0.263 e. The number of amides is 1. The zero-order chi connectivity index (χ0) is 18.8. The Kier molecular flexibility index (Phi) is 4.97. The van der Waals surface area contributed by atoms with E-state index in [0.29, 0.717) is 9.90 Å². The van der Waals surface area contributed by atoms with Gasteiger partial charge in [0.2, 0.25) is 0 Å². The molecule has 0 spiro atoms. The van der Waals surface area contributed by atoms with Crippen LogP contribution in [0.15, 0.2) is 78.9 Å². The Balaban J connectivity index is 1.71. The van der Waals surface area contributed by atoms with Gasteiger partial charge in [0.1, 0.15) is 4.88 Å². The molecule has 1 heterocycles. The molecule has 4 heteroatoms. The summed E-state index contributed by atoms with van der Waals surface area (Å²) in [7, 11) is 0. The van der Waals surface area contributed by atoms with Crippen molar-refractivity contribution >= 4 is 38.9 Å². The highest BCUT2D eigenvalue weighted by Crippen LogP contribution is 2.36. The van der Waals surface area contributed by atoms with E-state index < -0.39 is 0 Å². The highest BCUT2D eigenvalue weighted by molar-refractivity contribution is 7.21. The lowest BCUT2D eigenvalue weighted by Gasteiger charge is -2.19. The molecule has 0 unspecified atom stereocenters. The molecule has 4 rings (SSSR count). The molecule has 1 amide bonds. The second-order valence-electron chi connectivity index (χ2n) is 6.47. The minimum Gasteiger partial charge on any atom is -0.340 e. The predicted octanol–water partition coefficient (Wildman–Crippen LogP) is 6.38. The third-order valence-electron chi connectivity index (χ3n) is 4.53. The fourth-order valence-electron chi connectivity index (χ4n) is 3.17. The first-order valence-corrected chi connectivity index (χ1v) is 9.92. The van der Waals surface area contributed by atoms with Gasteiger partial charge in [0.25, 0.3) is 5.91 Å². The molecule has 0 saturated carbocycles. The number of aryl methyl sites for hydroxylation is 1. The third kappa shape index (κ3) is 3.61. The van der Waals surface area contributed by atoms with E-state index >= 15 is 0 Å². The Labute approximate surface area is 167 Å². The molecule has 27 heavy (non-hydrogen) atoms. The molecule has 0 aliphatic heterocycles. The Morgan fingerprint density at radius 3 is 2.11 bits per heavy atom. The second kappa shape index (κ2) is 7.55. The average molecular weight is 392 g/mol. The summed E-state index contributed by atoms with van der Waals surface area (Å²) in [6.07, 6.45) is 0. The Bertz CT molecular complexity index is 1050. The summed E-state index contributed by atoms with van der Waals surface area (Å²) >= 11 is 7.96. The van der Waals surface area contributed by atoms with Crippen LogP contribution in [0.4, 0.5) is 0 Å². The number of hydrogen-bond acceptors (Lipinski definition) is 2. The van der Waals surface area contributed by atoms with Crippen molar-refractivity contribution in [1.29, 1.82) is 0 Å². The molecule has 0 aliphatic carbocycles. The predicted molar refractivity (Wildman–Crippen MR) is 114 cm³/mol. The second-order valence-corrected chi connectivity index (χ2v) is 7.90. The maximum Gasteiger partial charge on any atom is 0.263 e. The number of thiophene rings is 1. The number of halogens is 1. The monoisotopic (exact) mass is 391 g/mol. The van der Waals surface area contributed by atoms with Crippen LogP contribution in [-0.2, 0) is 0 Å². The molecule has 0 atom stereocenters. The minimum absolute atomic E-state index is 0.156. The van der Waals surface area contributed by atoms with Crippen molar-refractivity contribution < 1.29 is 4.79 Å².